The number of aliphatic carboxylic acids is 1. The normalized spacial score (nSPS) is 23.8. The van der Waals surface area contributed by atoms with Gasteiger partial charge >= 0.3 is 5.97 Å². The maximum Gasteiger partial charge on any atom is 0.306 e. The average molecular weight is 292 g/mol. The average Bonchev–Trinajstić information content (AvgIpc) is 2.43. The van der Waals surface area contributed by atoms with Crippen molar-refractivity contribution in [3.8, 4) is 0 Å². The molecule has 116 valence electrons. The van der Waals surface area contributed by atoms with Crippen LogP contribution in [0.5, 0.6) is 0 Å². The Balaban J connectivity index is 2.30. The zero-order chi connectivity index (χ0) is 15.6. The molecule has 0 saturated carbocycles. The molecule has 5 heteroatoms. The van der Waals surface area contributed by atoms with Gasteiger partial charge in [-0.05, 0) is 52.0 Å². The van der Waals surface area contributed by atoms with Crippen LogP contribution < -0.4 is 0 Å². The SMILES string of the molecule is Cc1nc(C2(C)CCCCO2)nc(C)c1CC(C)C(=O)O. The molecule has 1 aromatic rings. The molecular formula is C16H24N2O3. The molecule has 1 aliphatic rings. The fourth-order valence-corrected chi connectivity index (χ4v) is 2.78. The second-order valence-corrected chi connectivity index (χ2v) is 6.18. The van der Waals surface area contributed by atoms with Gasteiger partial charge in [-0.15, -0.1) is 0 Å². The fourth-order valence-electron chi connectivity index (χ4n) is 2.78. The minimum absolute atomic E-state index is 0.412. The monoisotopic (exact) mass is 292 g/mol. The molecule has 1 aliphatic heterocycles. The van der Waals surface area contributed by atoms with E-state index in [9.17, 15) is 4.79 Å². The summed E-state index contributed by atoms with van der Waals surface area (Å²) in [5.41, 5.74) is 2.25. The Bertz CT molecular complexity index is 513. The standard InChI is InChI=1S/C16H24N2O3/c1-10(14(19)20)9-13-11(2)17-15(18-12(13)3)16(4)7-5-6-8-21-16/h10H,5-9H2,1-4H3,(H,19,20). The van der Waals surface area contributed by atoms with Crippen molar-refractivity contribution < 1.29 is 14.6 Å². The molecule has 2 rings (SSSR count). The van der Waals surface area contributed by atoms with E-state index in [0.717, 1.165) is 48.6 Å². The third-order valence-electron chi connectivity index (χ3n) is 4.29. The summed E-state index contributed by atoms with van der Waals surface area (Å²) in [4.78, 5) is 20.3. The summed E-state index contributed by atoms with van der Waals surface area (Å²) < 4.78 is 5.90. The zero-order valence-electron chi connectivity index (χ0n) is 13.3. The van der Waals surface area contributed by atoms with Gasteiger partial charge in [0.25, 0.3) is 0 Å². The van der Waals surface area contributed by atoms with Crippen molar-refractivity contribution in [1.82, 2.24) is 9.97 Å². The van der Waals surface area contributed by atoms with Crippen molar-refractivity contribution in [2.24, 2.45) is 5.92 Å². The highest BCUT2D eigenvalue weighted by Gasteiger charge is 2.33. The lowest BCUT2D eigenvalue weighted by Gasteiger charge is -2.33. The summed E-state index contributed by atoms with van der Waals surface area (Å²) in [6.07, 6.45) is 3.60. The van der Waals surface area contributed by atoms with E-state index in [2.05, 4.69) is 9.97 Å². The predicted octanol–water partition coefficient (Wildman–Crippen LogP) is 2.77. The minimum Gasteiger partial charge on any atom is -0.481 e. The van der Waals surface area contributed by atoms with Crippen LogP contribution in [-0.4, -0.2) is 27.7 Å². The maximum atomic E-state index is 11.0. The summed E-state index contributed by atoms with van der Waals surface area (Å²) in [5.74, 6) is -0.497. The largest absolute Gasteiger partial charge is 0.481 e. The van der Waals surface area contributed by atoms with E-state index in [4.69, 9.17) is 9.84 Å². The van der Waals surface area contributed by atoms with E-state index in [-0.39, 0.29) is 0 Å². The highest BCUT2D eigenvalue weighted by atomic mass is 16.5. The molecule has 1 fully saturated rings. The highest BCUT2D eigenvalue weighted by Crippen LogP contribution is 2.33. The van der Waals surface area contributed by atoms with E-state index in [1.54, 1.807) is 6.92 Å². The smallest absolute Gasteiger partial charge is 0.306 e. The number of hydrogen-bond donors (Lipinski definition) is 1. The number of carboxylic acids is 1. The molecular weight excluding hydrogens is 268 g/mol. The highest BCUT2D eigenvalue weighted by molar-refractivity contribution is 5.70. The van der Waals surface area contributed by atoms with Gasteiger partial charge in [-0.25, -0.2) is 9.97 Å². The number of aromatic nitrogens is 2. The quantitative estimate of drug-likeness (QED) is 0.923. The maximum absolute atomic E-state index is 11.0. The summed E-state index contributed by atoms with van der Waals surface area (Å²) >= 11 is 0. The summed E-state index contributed by atoms with van der Waals surface area (Å²) in [5, 5.41) is 9.06. The first kappa shape index (κ1) is 15.9. The van der Waals surface area contributed by atoms with Gasteiger partial charge in [-0.1, -0.05) is 6.92 Å². The molecule has 2 unspecified atom stereocenters. The van der Waals surface area contributed by atoms with Crippen molar-refractivity contribution >= 4 is 5.97 Å². The second kappa shape index (κ2) is 6.10. The molecule has 2 atom stereocenters. The van der Waals surface area contributed by atoms with Crippen LogP contribution in [0.2, 0.25) is 0 Å². The van der Waals surface area contributed by atoms with Crippen LogP contribution >= 0.6 is 0 Å². The number of rotatable bonds is 4. The number of hydrogen-bond acceptors (Lipinski definition) is 4. The minimum atomic E-state index is -0.791. The molecule has 21 heavy (non-hydrogen) atoms. The van der Waals surface area contributed by atoms with E-state index in [0.29, 0.717) is 6.42 Å². The fraction of sp³-hybridized carbons (Fsp3) is 0.688. The number of ether oxygens (including phenoxy) is 1. The first-order valence-corrected chi connectivity index (χ1v) is 7.55. The number of nitrogens with zero attached hydrogens (tertiary/aromatic N) is 2. The van der Waals surface area contributed by atoms with Crippen LogP contribution in [0, 0.1) is 19.8 Å². The molecule has 1 N–H and O–H groups in total. The van der Waals surface area contributed by atoms with E-state index >= 15 is 0 Å². The van der Waals surface area contributed by atoms with Crippen LogP contribution in [0.3, 0.4) is 0 Å². The Kier molecular flexibility index (Phi) is 4.61. The second-order valence-electron chi connectivity index (χ2n) is 6.18. The van der Waals surface area contributed by atoms with Crippen molar-refractivity contribution in [3.05, 3.63) is 22.8 Å². The molecule has 0 aromatic carbocycles. The van der Waals surface area contributed by atoms with Gasteiger partial charge in [-0.2, -0.15) is 0 Å². The molecule has 0 amide bonds. The first-order chi connectivity index (χ1) is 9.83. The topological polar surface area (TPSA) is 72.3 Å². The summed E-state index contributed by atoms with van der Waals surface area (Å²) in [6, 6.07) is 0. The third kappa shape index (κ3) is 3.40. The number of aryl methyl sites for hydroxylation is 2. The van der Waals surface area contributed by atoms with Crippen LogP contribution in [0.25, 0.3) is 0 Å². The first-order valence-electron chi connectivity index (χ1n) is 7.55. The molecule has 0 aliphatic carbocycles. The predicted molar refractivity (Wildman–Crippen MR) is 79.2 cm³/mol. The molecule has 0 radical (unpaired) electrons. The van der Waals surface area contributed by atoms with Crippen LogP contribution in [0.15, 0.2) is 0 Å². The Morgan fingerprint density at radius 2 is 1.95 bits per heavy atom. The van der Waals surface area contributed by atoms with Gasteiger partial charge < -0.3 is 9.84 Å². The lowest BCUT2D eigenvalue weighted by atomic mass is 9.93. The Hall–Kier alpha value is -1.49. The molecule has 0 bridgehead atoms. The van der Waals surface area contributed by atoms with Crippen molar-refractivity contribution in [3.63, 3.8) is 0 Å². The van der Waals surface area contributed by atoms with Gasteiger partial charge in [0.2, 0.25) is 0 Å². The number of carbonyl (C=O) groups is 1. The van der Waals surface area contributed by atoms with E-state index < -0.39 is 17.5 Å². The molecule has 5 nitrogen and oxygen atoms in total. The summed E-state index contributed by atoms with van der Waals surface area (Å²) in [6.45, 7) is 8.35. The van der Waals surface area contributed by atoms with Crippen LogP contribution in [0.4, 0.5) is 0 Å². The number of carboxylic acid groups (broad SMARTS) is 1. The Morgan fingerprint density at radius 1 is 1.33 bits per heavy atom. The van der Waals surface area contributed by atoms with Crippen LogP contribution in [0.1, 0.15) is 55.9 Å². The molecule has 1 aromatic heterocycles. The van der Waals surface area contributed by atoms with Gasteiger partial charge in [0.05, 0.1) is 5.92 Å². The Morgan fingerprint density at radius 3 is 2.43 bits per heavy atom. The van der Waals surface area contributed by atoms with Gasteiger partial charge in [-0.3, -0.25) is 4.79 Å². The van der Waals surface area contributed by atoms with E-state index in [1.807, 2.05) is 20.8 Å². The Labute approximate surface area is 125 Å². The molecule has 2 heterocycles. The van der Waals surface area contributed by atoms with Gasteiger partial charge in [0.15, 0.2) is 5.82 Å². The van der Waals surface area contributed by atoms with Gasteiger partial charge in [0.1, 0.15) is 5.60 Å². The van der Waals surface area contributed by atoms with Crippen molar-refractivity contribution in [1.29, 1.82) is 0 Å². The third-order valence-corrected chi connectivity index (χ3v) is 4.29. The lowest BCUT2D eigenvalue weighted by molar-refractivity contribution is -0.141. The molecule has 1 saturated heterocycles. The van der Waals surface area contributed by atoms with Crippen molar-refractivity contribution in [2.75, 3.05) is 6.61 Å². The van der Waals surface area contributed by atoms with E-state index in [1.165, 1.54) is 0 Å². The summed E-state index contributed by atoms with van der Waals surface area (Å²) in [7, 11) is 0. The lowest BCUT2D eigenvalue weighted by Crippen LogP contribution is -2.33. The van der Waals surface area contributed by atoms with Gasteiger partial charge in [0, 0.05) is 18.0 Å². The zero-order valence-corrected chi connectivity index (χ0v) is 13.3. The van der Waals surface area contributed by atoms with Crippen molar-refractivity contribution in [2.45, 2.75) is 59.0 Å². The molecule has 0 spiro atoms. The van der Waals surface area contributed by atoms with Crippen LogP contribution in [-0.2, 0) is 21.6 Å².